The molecule has 0 radical (unpaired) electrons. The van der Waals surface area contributed by atoms with Crippen LogP contribution < -0.4 is 0 Å². The number of ether oxygens (including phenoxy) is 2. The molecule has 0 rings (SSSR count). The fraction of sp³-hybridized carbons (Fsp3) is 0.905. The predicted octanol–water partition coefficient (Wildman–Crippen LogP) is 4.93. The highest BCUT2D eigenvalue weighted by atomic mass is 16.6. The minimum atomic E-state index is -0.754. The summed E-state index contributed by atoms with van der Waals surface area (Å²) in [7, 11) is 0. The van der Waals surface area contributed by atoms with Gasteiger partial charge < -0.3 is 14.6 Å². The first kappa shape index (κ1) is 24.9. The molecule has 1 atom stereocenters. The number of aliphatic hydroxyl groups excluding tert-OH is 1. The molecule has 0 aliphatic rings. The Morgan fingerprint density at radius 1 is 0.731 bits per heavy atom. The van der Waals surface area contributed by atoms with Gasteiger partial charge >= 0.3 is 11.9 Å². The van der Waals surface area contributed by atoms with Crippen LogP contribution in [0, 0.1) is 0 Å². The molecule has 0 heterocycles. The van der Waals surface area contributed by atoms with E-state index < -0.39 is 6.10 Å². The van der Waals surface area contributed by atoms with E-state index >= 15 is 0 Å². The van der Waals surface area contributed by atoms with Crippen LogP contribution in [0.4, 0.5) is 0 Å². The first-order valence-corrected chi connectivity index (χ1v) is 10.6. The van der Waals surface area contributed by atoms with Crippen LogP contribution in [0.5, 0.6) is 0 Å². The molecule has 0 fully saturated rings. The van der Waals surface area contributed by atoms with Crippen molar-refractivity contribution < 1.29 is 24.2 Å². The molecule has 0 aliphatic heterocycles. The standard InChI is InChI=1S/C21H40O5/c1-3-5-7-8-9-10-11-12-13-14-16-21(24)26-19(17-22)18-25-20(23)15-6-4-2/h19,22H,3-18H2,1-2H3/t19-/m0/s1. The summed E-state index contributed by atoms with van der Waals surface area (Å²) in [6, 6.07) is 0. The van der Waals surface area contributed by atoms with Crippen molar-refractivity contribution in [3.8, 4) is 0 Å². The van der Waals surface area contributed by atoms with E-state index in [1.165, 1.54) is 44.9 Å². The van der Waals surface area contributed by atoms with Gasteiger partial charge in [-0.15, -0.1) is 0 Å². The van der Waals surface area contributed by atoms with Gasteiger partial charge in [0.15, 0.2) is 6.10 Å². The highest BCUT2D eigenvalue weighted by Gasteiger charge is 2.15. The Morgan fingerprint density at radius 2 is 1.23 bits per heavy atom. The van der Waals surface area contributed by atoms with Crippen LogP contribution in [0.3, 0.4) is 0 Å². The Hall–Kier alpha value is -1.10. The fourth-order valence-corrected chi connectivity index (χ4v) is 2.70. The van der Waals surface area contributed by atoms with E-state index in [1.54, 1.807) is 0 Å². The summed E-state index contributed by atoms with van der Waals surface area (Å²) in [5, 5.41) is 9.24. The summed E-state index contributed by atoms with van der Waals surface area (Å²) < 4.78 is 10.2. The topological polar surface area (TPSA) is 72.8 Å². The fourth-order valence-electron chi connectivity index (χ4n) is 2.70. The molecule has 0 spiro atoms. The van der Waals surface area contributed by atoms with Crippen molar-refractivity contribution in [3.05, 3.63) is 0 Å². The van der Waals surface area contributed by atoms with Crippen molar-refractivity contribution in [3.63, 3.8) is 0 Å². The number of esters is 2. The molecule has 0 aliphatic carbocycles. The molecular formula is C21H40O5. The zero-order valence-corrected chi connectivity index (χ0v) is 17.0. The average molecular weight is 373 g/mol. The van der Waals surface area contributed by atoms with Gasteiger partial charge in [-0.1, -0.05) is 78.1 Å². The second-order valence-corrected chi connectivity index (χ2v) is 7.01. The molecule has 0 saturated heterocycles. The number of unbranched alkanes of at least 4 members (excludes halogenated alkanes) is 10. The summed E-state index contributed by atoms with van der Waals surface area (Å²) >= 11 is 0. The van der Waals surface area contributed by atoms with E-state index in [0.29, 0.717) is 12.8 Å². The Balaban J connectivity index is 3.59. The van der Waals surface area contributed by atoms with E-state index in [9.17, 15) is 14.7 Å². The molecule has 0 unspecified atom stereocenters. The largest absolute Gasteiger partial charge is 0.462 e. The third-order valence-corrected chi connectivity index (χ3v) is 4.40. The zero-order valence-electron chi connectivity index (χ0n) is 17.0. The third-order valence-electron chi connectivity index (χ3n) is 4.40. The second-order valence-electron chi connectivity index (χ2n) is 7.01. The molecule has 0 saturated carbocycles. The number of carbonyl (C=O) groups excluding carboxylic acids is 2. The molecule has 1 N–H and O–H groups in total. The van der Waals surface area contributed by atoms with Gasteiger partial charge in [0.05, 0.1) is 6.61 Å². The summed E-state index contributed by atoms with van der Waals surface area (Å²) in [4.78, 5) is 23.2. The molecule has 0 aromatic heterocycles. The first-order chi connectivity index (χ1) is 12.6. The van der Waals surface area contributed by atoms with E-state index in [1.807, 2.05) is 6.92 Å². The molecule has 5 nitrogen and oxygen atoms in total. The van der Waals surface area contributed by atoms with Gasteiger partial charge in [-0.25, -0.2) is 0 Å². The lowest BCUT2D eigenvalue weighted by Gasteiger charge is -2.15. The molecule has 0 amide bonds. The average Bonchev–Trinajstić information content (AvgIpc) is 2.64. The normalized spacial score (nSPS) is 12.0. The molecule has 154 valence electrons. The van der Waals surface area contributed by atoms with Crippen LogP contribution in [-0.2, 0) is 19.1 Å². The minimum absolute atomic E-state index is 0.0666. The Kier molecular flexibility index (Phi) is 17.9. The lowest BCUT2D eigenvalue weighted by molar-refractivity contribution is -0.161. The molecule has 0 aromatic carbocycles. The summed E-state index contributed by atoms with van der Waals surface area (Å²) in [5.74, 6) is -0.635. The van der Waals surface area contributed by atoms with Crippen LogP contribution in [0.25, 0.3) is 0 Å². The van der Waals surface area contributed by atoms with Gasteiger partial charge in [0, 0.05) is 12.8 Å². The highest BCUT2D eigenvalue weighted by molar-refractivity contribution is 5.70. The highest BCUT2D eigenvalue weighted by Crippen LogP contribution is 2.12. The molecule has 5 heteroatoms. The number of hydrogen-bond acceptors (Lipinski definition) is 5. The van der Waals surface area contributed by atoms with Crippen molar-refractivity contribution in [2.75, 3.05) is 13.2 Å². The van der Waals surface area contributed by atoms with Crippen molar-refractivity contribution >= 4 is 11.9 Å². The van der Waals surface area contributed by atoms with Crippen molar-refractivity contribution in [2.45, 2.75) is 110 Å². The van der Waals surface area contributed by atoms with Crippen LogP contribution in [0.15, 0.2) is 0 Å². The van der Waals surface area contributed by atoms with Gasteiger partial charge in [-0.2, -0.15) is 0 Å². The van der Waals surface area contributed by atoms with Crippen molar-refractivity contribution in [1.29, 1.82) is 0 Å². The van der Waals surface area contributed by atoms with E-state index in [4.69, 9.17) is 9.47 Å². The minimum Gasteiger partial charge on any atom is -0.462 e. The number of aliphatic hydroxyl groups is 1. The summed E-state index contributed by atoms with van der Waals surface area (Å²) in [5.41, 5.74) is 0. The van der Waals surface area contributed by atoms with Crippen LogP contribution in [0.1, 0.15) is 104 Å². The zero-order chi connectivity index (χ0) is 19.5. The van der Waals surface area contributed by atoms with Gasteiger partial charge in [-0.05, 0) is 12.8 Å². The Labute approximate surface area is 159 Å². The van der Waals surface area contributed by atoms with Gasteiger partial charge in [0.2, 0.25) is 0 Å². The van der Waals surface area contributed by atoms with E-state index in [-0.39, 0.29) is 25.2 Å². The lowest BCUT2D eigenvalue weighted by Crippen LogP contribution is -2.28. The van der Waals surface area contributed by atoms with E-state index in [2.05, 4.69) is 6.92 Å². The number of rotatable bonds is 18. The predicted molar refractivity (Wildman–Crippen MR) is 104 cm³/mol. The SMILES string of the molecule is CCCCCCCCCCCCC(=O)O[C@@H](CO)COC(=O)CCCC. The molecule has 26 heavy (non-hydrogen) atoms. The van der Waals surface area contributed by atoms with Crippen molar-refractivity contribution in [1.82, 2.24) is 0 Å². The molecular weight excluding hydrogens is 332 g/mol. The summed E-state index contributed by atoms with van der Waals surface area (Å²) in [6.45, 7) is 3.83. The second kappa shape index (κ2) is 18.7. The Morgan fingerprint density at radius 3 is 1.77 bits per heavy atom. The number of carbonyl (C=O) groups is 2. The van der Waals surface area contributed by atoms with E-state index in [0.717, 1.165) is 32.1 Å². The summed E-state index contributed by atoms with van der Waals surface area (Å²) in [6.07, 6.45) is 13.8. The molecule has 0 bridgehead atoms. The number of hydrogen-bond donors (Lipinski definition) is 1. The first-order valence-electron chi connectivity index (χ1n) is 10.6. The van der Waals surface area contributed by atoms with Crippen LogP contribution in [0.2, 0.25) is 0 Å². The van der Waals surface area contributed by atoms with Gasteiger partial charge in [0.25, 0.3) is 0 Å². The monoisotopic (exact) mass is 372 g/mol. The van der Waals surface area contributed by atoms with Crippen molar-refractivity contribution in [2.24, 2.45) is 0 Å². The van der Waals surface area contributed by atoms with Crippen LogP contribution >= 0.6 is 0 Å². The quantitative estimate of drug-likeness (QED) is 0.273. The maximum Gasteiger partial charge on any atom is 0.306 e. The van der Waals surface area contributed by atoms with Gasteiger partial charge in [0.1, 0.15) is 6.61 Å². The lowest BCUT2D eigenvalue weighted by atomic mass is 10.1. The Bertz CT molecular complexity index is 343. The third kappa shape index (κ3) is 16.4. The van der Waals surface area contributed by atoms with Crippen LogP contribution in [-0.4, -0.2) is 36.4 Å². The molecule has 0 aromatic rings. The smallest absolute Gasteiger partial charge is 0.306 e. The van der Waals surface area contributed by atoms with Gasteiger partial charge in [-0.3, -0.25) is 9.59 Å². The maximum atomic E-state index is 11.8. The maximum absolute atomic E-state index is 11.8.